The highest BCUT2D eigenvalue weighted by Crippen LogP contribution is 2.23. The van der Waals surface area contributed by atoms with E-state index < -0.39 is 18.5 Å². The van der Waals surface area contributed by atoms with Crippen LogP contribution in [-0.4, -0.2) is 30.9 Å². The van der Waals surface area contributed by atoms with E-state index in [1.54, 1.807) is 0 Å². The van der Waals surface area contributed by atoms with Crippen LogP contribution in [0.1, 0.15) is 37.7 Å². The average Bonchev–Trinajstić information content (AvgIpc) is 2.65. The third-order valence-corrected chi connectivity index (χ3v) is 4.43. The van der Waals surface area contributed by atoms with Gasteiger partial charge in [0.2, 0.25) is 5.91 Å². The second-order valence-corrected chi connectivity index (χ2v) is 6.48. The number of ether oxygens (including phenoxy) is 1. The van der Waals surface area contributed by atoms with Crippen LogP contribution < -0.4 is 10.6 Å². The maximum Gasteiger partial charge on any atom is 0.325 e. The number of amides is 2. The van der Waals surface area contributed by atoms with Gasteiger partial charge in [-0.2, -0.15) is 5.26 Å². The van der Waals surface area contributed by atoms with E-state index in [0.29, 0.717) is 11.3 Å². The molecule has 0 radical (unpaired) electrons. The zero-order chi connectivity index (χ0) is 18.9. The van der Waals surface area contributed by atoms with Crippen molar-refractivity contribution in [3.05, 3.63) is 28.8 Å². The normalized spacial score (nSPS) is 14.2. The van der Waals surface area contributed by atoms with Crippen molar-refractivity contribution in [1.82, 2.24) is 5.32 Å². The fraction of sp³-hybridized carbons (Fsp3) is 0.444. The Balaban J connectivity index is 1.69. The lowest BCUT2D eigenvalue weighted by molar-refractivity contribution is -0.147. The Morgan fingerprint density at radius 1 is 1.23 bits per heavy atom. The third-order valence-electron chi connectivity index (χ3n) is 4.12. The fourth-order valence-corrected chi connectivity index (χ4v) is 2.97. The lowest BCUT2D eigenvalue weighted by Gasteiger charge is -2.20. The summed E-state index contributed by atoms with van der Waals surface area (Å²) < 4.78 is 4.84. The first kappa shape index (κ1) is 19.7. The Hall–Kier alpha value is -2.59. The van der Waals surface area contributed by atoms with Gasteiger partial charge in [-0.15, -0.1) is 0 Å². The molecule has 0 aliphatic heterocycles. The minimum atomic E-state index is -0.679. The molecule has 0 bridgehead atoms. The van der Waals surface area contributed by atoms with E-state index in [4.69, 9.17) is 21.6 Å². The molecule has 1 aliphatic rings. The van der Waals surface area contributed by atoms with Gasteiger partial charge in [0.05, 0.1) is 10.6 Å². The van der Waals surface area contributed by atoms with Crippen LogP contribution in [0.15, 0.2) is 18.2 Å². The van der Waals surface area contributed by atoms with Gasteiger partial charge in [-0.3, -0.25) is 14.4 Å². The number of hydrogen-bond acceptors (Lipinski definition) is 5. The van der Waals surface area contributed by atoms with Gasteiger partial charge >= 0.3 is 5.97 Å². The number of nitrogens with zero attached hydrogens (tertiary/aromatic N) is 1. The zero-order valence-corrected chi connectivity index (χ0v) is 15.0. The molecule has 7 nitrogen and oxygen atoms in total. The van der Waals surface area contributed by atoms with Crippen LogP contribution in [0.4, 0.5) is 5.69 Å². The minimum Gasteiger partial charge on any atom is -0.454 e. The van der Waals surface area contributed by atoms with Crippen molar-refractivity contribution in [1.29, 1.82) is 5.26 Å². The summed E-state index contributed by atoms with van der Waals surface area (Å²) in [5.41, 5.74) is 0.686. The highest BCUT2D eigenvalue weighted by atomic mass is 35.5. The Labute approximate surface area is 156 Å². The van der Waals surface area contributed by atoms with Crippen LogP contribution in [0, 0.1) is 17.2 Å². The molecule has 2 amide bonds. The van der Waals surface area contributed by atoms with Crippen LogP contribution in [0.5, 0.6) is 0 Å². The van der Waals surface area contributed by atoms with Crippen LogP contribution in [-0.2, 0) is 19.1 Å². The molecule has 0 heterocycles. The summed E-state index contributed by atoms with van der Waals surface area (Å²) >= 11 is 5.88. The van der Waals surface area contributed by atoms with Gasteiger partial charge < -0.3 is 15.4 Å². The van der Waals surface area contributed by atoms with Crippen molar-refractivity contribution in [2.24, 2.45) is 5.92 Å². The molecule has 0 unspecified atom stereocenters. The number of carbonyl (C=O) groups excluding carboxylic acids is 3. The summed E-state index contributed by atoms with van der Waals surface area (Å²) in [7, 11) is 0. The summed E-state index contributed by atoms with van der Waals surface area (Å²) in [5.74, 6) is -1.40. The summed E-state index contributed by atoms with van der Waals surface area (Å²) in [5, 5.41) is 14.1. The molecule has 1 saturated carbocycles. The standard InChI is InChI=1S/C18H20ClN3O4/c19-15-8-14(7-6-13(15)9-20)22-16(23)11-26-17(24)10-21-18(25)12-4-2-1-3-5-12/h6-8,12H,1-5,10-11H2,(H,21,25)(H,22,23). The van der Waals surface area contributed by atoms with Gasteiger partial charge in [0.25, 0.3) is 5.91 Å². The largest absolute Gasteiger partial charge is 0.454 e. The number of hydrogen-bond donors (Lipinski definition) is 2. The first-order valence-electron chi connectivity index (χ1n) is 8.42. The van der Waals surface area contributed by atoms with Crippen LogP contribution >= 0.6 is 11.6 Å². The molecule has 0 saturated heterocycles. The van der Waals surface area contributed by atoms with E-state index in [-0.39, 0.29) is 23.4 Å². The molecule has 2 N–H and O–H groups in total. The molecule has 1 aromatic rings. The maximum atomic E-state index is 11.9. The number of esters is 1. The SMILES string of the molecule is N#Cc1ccc(NC(=O)COC(=O)CNC(=O)C2CCCCC2)cc1Cl. The van der Waals surface area contributed by atoms with Crippen LogP contribution in [0.25, 0.3) is 0 Å². The first-order valence-corrected chi connectivity index (χ1v) is 8.80. The number of rotatable bonds is 6. The minimum absolute atomic E-state index is 0.0408. The highest BCUT2D eigenvalue weighted by molar-refractivity contribution is 6.32. The van der Waals surface area contributed by atoms with Gasteiger partial charge in [0.15, 0.2) is 6.61 Å². The van der Waals surface area contributed by atoms with Gasteiger partial charge in [-0.1, -0.05) is 30.9 Å². The van der Waals surface area contributed by atoms with Crippen molar-refractivity contribution in [2.75, 3.05) is 18.5 Å². The van der Waals surface area contributed by atoms with Crippen molar-refractivity contribution >= 4 is 35.1 Å². The number of anilines is 1. The molecule has 1 aliphatic carbocycles. The molecular weight excluding hydrogens is 358 g/mol. The number of carbonyl (C=O) groups is 3. The van der Waals surface area contributed by atoms with Gasteiger partial charge in [0.1, 0.15) is 12.6 Å². The molecule has 0 aromatic heterocycles. The van der Waals surface area contributed by atoms with Gasteiger partial charge in [0, 0.05) is 11.6 Å². The number of nitrogens with one attached hydrogen (secondary N) is 2. The second kappa shape index (κ2) is 9.78. The molecule has 138 valence electrons. The quantitative estimate of drug-likeness (QED) is 0.740. The molecular formula is C18H20ClN3O4. The number of benzene rings is 1. The summed E-state index contributed by atoms with van der Waals surface area (Å²) in [6.45, 7) is -0.735. The predicted octanol–water partition coefficient (Wildman–Crippen LogP) is 2.39. The Morgan fingerprint density at radius 2 is 1.96 bits per heavy atom. The van der Waals surface area contributed by atoms with Crippen LogP contribution in [0.2, 0.25) is 5.02 Å². The molecule has 1 aromatic carbocycles. The maximum absolute atomic E-state index is 11.9. The third kappa shape index (κ3) is 6.05. The summed E-state index contributed by atoms with van der Waals surface area (Å²) in [6.07, 6.45) is 4.89. The smallest absolute Gasteiger partial charge is 0.325 e. The predicted molar refractivity (Wildman–Crippen MR) is 95.3 cm³/mol. The van der Waals surface area contributed by atoms with E-state index in [0.717, 1.165) is 32.1 Å². The van der Waals surface area contributed by atoms with Crippen molar-refractivity contribution in [2.45, 2.75) is 32.1 Å². The van der Waals surface area contributed by atoms with Gasteiger partial charge in [-0.05, 0) is 31.0 Å². The van der Waals surface area contributed by atoms with Crippen molar-refractivity contribution < 1.29 is 19.1 Å². The molecule has 2 rings (SSSR count). The fourth-order valence-electron chi connectivity index (χ4n) is 2.75. The Bertz CT molecular complexity index is 724. The van der Waals surface area contributed by atoms with Crippen LogP contribution in [0.3, 0.4) is 0 Å². The van der Waals surface area contributed by atoms with E-state index in [9.17, 15) is 14.4 Å². The first-order chi connectivity index (χ1) is 12.5. The lowest BCUT2D eigenvalue weighted by atomic mass is 9.89. The molecule has 8 heteroatoms. The lowest BCUT2D eigenvalue weighted by Crippen LogP contribution is -2.36. The molecule has 0 spiro atoms. The molecule has 26 heavy (non-hydrogen) atoms. The second-order valence-electron chi connectivity index (χ2n) is 6.07. The topological polar surface area (TPSA) is 108 Å². The Kier molecular flexibility index (Phi) is 7.42. The highest BCUT2D eigenvalue weighted by Gasteiger charge is 2.21. The molecule has 0 atom stereocenters. The van der Waals surface area contributed by atoms with Crippen molar-refractivity contribution in [3.8, 4) is 6.07 Å². The van der Waals surface area contributed by atoms with E-state index in [1.165, 1.54) is 18.2 Å². The number of halogens is 1. The van der Waals surface area contributed by atoms with E-state index in [1.807, 2.05) is 6.07 Å². The zero-order valence-electron chi connectivity index (χ0n) is 14.2. The monoisotopic (exact) mass is 377 g/mol. The van der Waals surface area contributed by atoms with Crippen molar-refractivity contribution in [3.63, 3.8) is 0 Å². The average molecular weight is 378 g/mol. The van der Waals surface area contributed by atoms with E-state index in [2.05, 4.69) is 10.6 Å². The Morgan fingerprint density at radius 3 is 2.62 bits per heavy atom. The van der Waals surface area contributed by atoms with Gasteiger partial charge in [-0.25, -0.2) is 0 Å². The summed E-state index contributed by atoms with van der Waals surface area (Å²) in [6, 6.07) is 6.35. The number of nitriles is 1. The summed E-state index contributed by atoms with van der Waals surface area (Å²) in [4.78, 5) is 35.4. The van der Waals surface area contributed by atoms with E-state index >= 15 is 0 Å². The molecule has 1 fully saturated rings.